The number of hydrogen-bond donors (Lipinski definition) is 1. The van der Waals surface area contributed by atoms with Crippen molar-refractivity contribution in [2.75, 3.05) is 24.5 Å². The Balaban J connectivity index is 1.69. The second-order valence-electron chi connectivity index (χ2n) is 6.09. The number of anilines is 1. The molecule has 1 aliphatic carbocycles. The summed E-state index contributed by atoms with van der Waals surface area (Å²) in [5.41, 5.74) is 2.83. The third kappa shape index (κ3) is 2.54. The summed E-state index contributed by atoms with van der Waals surface area (Å²) in [6.07, 6.45) is 2.86. The Morgan fingerprint density at radius 3 is 2.50 bits per heavy atom. The first-order chi connectivity index (χ1) is 8.74. The van der Waals surface area contributed by atoms with Crippen LogP contribution in [0, 0.1) is 5.92 Å². The lowest BCUT2D eigenvalue weighted by molar-refractivity contribution is 0.419. The molecule has 1 atom stereocenters. The van der Waals surface area contributed by atoms with Crippen molar-refractivity contribution >= 4 is 5.69 Å². The molecule has 2 fully saturated rings. The van der Waals surface area contributed by atoms with Crippen LogP contribution in [0.25, 0.3) is 0 Å². The molecule has 0 amide bonds. The molecular weight excluding hydrogens is 220 g/mol. The van der Waals surface area contributed by atoms with Gasteiger partial charge < -0.3 is 10.2 Å². The Morgan fingerprint density at radius 2 is 1.89 bits per heavy atom. The van der Waals surface area contributed by atoms with E-state index in [9.17, 15) is 0 Å². The van der Waals surface area contributed by atoms with E-state index < -0.39 is 0 Å². The molecule has 0 radical (unpaired) electrons. The summed E-state index contributed by atoms with van der Waals surface area (Å²) in [6, 6.07) is 9.89. The maximum Gasteiger partial charge on any atom is 0.0367 e. The van der Waals surface area contributed by atoms with Gasteiger partial charge in [-0.25, -0.2) is 0 Å². The summed E-state index contributed by atoms with van der Waals surface area (Å²) >= 11 is 0. The first kappa shape index (κ1) is 12.0. The quantitative estimate of drug-likeness (QED) is 0.879. The van der Waals surface area contributed by atoms with Crippen LogP contribution < -0.4 is 10.2 Å². The lowest BCUT2D eigenvalue weighted by Crippen LogP contribution is -2.51. The second kappa shape index (κ2) is 4.93. The van der Waals surface area contributed by atoms with Gasteiger partial charge in [-0.1, -0.05) is 26.0 Å². The molecule has 3 rings (SSSR count). The first-order valence-electron chi connectivity index (χ1n) is 7.32. The zero-order valence-corrected chi connectivity index (χ0v) is 11.5. The third-order valence-electron chi connectivity index (χ3n) is 4.32. The molecule has 1 aromatic rings. The smallest absolute Gasteiger partial charge is 0.0367 e. The average Bonchev–Trinajstić information content (AvgIpc) is 3.23. The number of hydrogen-bond acceptors (Lipinski definition) is 2. The maximum absolute atomic E-state index is 3.67. The zero-order chi connectivity index (χ0) is 12.5. The highest BCUT2D eigenvalue weighted by Crippen LogP contribution is 2.34. The van der Waals surface area contributed by atoms with Gasteiger partial charge in [0.15, 0.2) is 0 Å². The highest BCUT2D eigenvalue weighted by molar-refractivity contribution is 5.48. The van der Waals surface area contributed by atoms with Gasteiger partial charge in [0.1, 0.15) is 0 Å². The normalized spacial score (nSPS) is 24.6. The van der Waals surface area contributed by atoms with Crippen LogP contribution in [-0.2, 0) is 0 Å². The molecule has 1 aliphatic heterocycles. The van der Waals surface area contributed by atoms with Crippen LogP contribution >= 0.6 is 0 Å². The number of nitrogens with one attached hydrogen (secondary N) is 1. The van der Waals surface area contributed by atoms with Crippen molar-refractivity contribution in [2.24, 2.45) is 5.92 Å². The number of piperazine rings is 1. The minimum atomic E-state index is 0.626. The number of benzene rings is 1. The van der Waals surface area contributed by atoms with Crippen molar-refractivity contribution in [2.45, 2.75) is 38.6 Å². The molecule has 1 heterocycles. The van der Waals surface area contributed by atoms with Gasteiger partial charge in [-0.15, -0.1) is 0 Å². The summed E-state index contributed by atoms with van der Waals surface area (Å²) in [6.45, 7) is 7.97. The van der Waals surface area contributed by atoms with Crippen LogP contribution in [0.3, 0.4) is 0 Å². The van der Waals surface area contributed by atoms with Crippen LogP contribution in [0.2, 0.25) is 0 Å². The largest absolute Gasteiger partial charge is 0.369 e. The van der Waals surface area contributed by atoms with E-state index in [1.807, 2.05) is 0 Å². The topological polar surface area (TPSA) is 15.3 Å². The minimum Gasteiger partial charge on any atom is -0.369 e. The van der Waals surface area contributed by atoms with Crippen LogP contribution in [-0.4, -0.2) is 25.7 Å². The molecule has 18 heavy (non-hydrogen) atoms. The zero-order valence-electron chi connectivity index (χ0n) is 11.5. The van der Waals surface area contributed by atoms with E-state index in [0.717, 1.165) is 25.0 Å². The van der Waals surface area contributed by atoms with E-state index >= 15 is 0 Å². The Morgan fingerprint density at radius 1 is 1.17 bits per heavy atom. The van der Waals surface area contributed by atoms with Gasteiger partial charge in [0.2, 0.25) is 0 Å². The van der Waals surface area contributed by atoms with Crippen molar-refractivity contribution < 1.29 is 0 Å². The van der Waals surface area contributed by atoms with Crippen molar-refractivity contribution in [1.29, 1.82) is 0 Å². The Kier molecular flexibility index (Phi) is 3.29. The Hall–Kier alpha value is -1.02. The average molecular weight is 244 g/mol. The molecule has 0 aromatic heterocycles. The monoisotopic (exact) mass is 244 g/mol. The lowest BCUT2D eigenvalue weighted by atomic mass is 10.0. The number of nitrogens with zero attached hydrogens (tertiary/aromatic N) is 1. The van der Waals surface area contributed by atoms with Gasteiger partial charge in [0.05, 0.1) is 0 Å². The van der Waals surface area contributed by atoms with Crippen LogP contribution in [0.1, 0.15) is 38.2 Å². The van der Waals surface area contributed by atoms with Gasteiger partial charge in [-0.05, 0) is 42.4 Å². The maximum atomic E-state index is 3.67. The first-order valence-corrected chi connectivity index (χ1v) is 7.32. The summed E-state index contributed by atoms with van der Waals surface area (Å²) in [5.74, 6) is 1.57. The summed E-state index contributed by atoms with van der Waals surface area (Å²) in [5, 5.41) is 3.67. The van der Waals surface area contributed by atoms with Crippen molar-refractivity contribution in [3.8, 4) is 0 Å². The molecular formula is C16H24N2. The SMILES string of the molecule is CC(C)c1ccc(N2CCNC(C3CC3)C2)cc1. The third-order valence-corrected chi connectivity index (χ3v) is 4.32. The predicted molar refractivity (Wildman–Crippen MR) is 77.3 cm³/mol. The molecule has 1 N–H and O–H groups in total. The molecule has 1 aromatic carbocycles. The summed E-state index contributed by atoms with van der Waals surface area (Å²) < 4.78 is 0. The van der Waals surface area contributed by atoms with Gasteiger partial charge in [-0.2, -0.15) is 0 Å². The molecule has 0 bridgehead atoms. The van der Waals surface area contributed by atoms with Crippen molar-refractivity contribution in [1.82, 2.24) is 5.32 Å². The van der Waals surface area contributed by atoms with E-state index in [1.54, 1.807) is 0 Å². The summed E-state index contributed by atoms with van der Waals surface area (Å²) in [4.78, 5) is 2.55. The number of rotatable bonds is 3. The molecule has 0 spiro atoms. The van der Waals surface area contributed by atoms with Gasteiger partial charge in [0.25, 0.3) is 0 Å². The lowest BCUT2D eigenvalue weighted by Gasteiger charge is -2.35. The molecule has 1 saturated carbocycles. The van der Waals surface area contributed by atoms with Crippen LogP contribution in [0.5, 0.6) is 0 Å². The molecule has 98 valence electrons. The molecule has 1 saturated heterocycles. The fraction of sp³-hybridized carbons (Fsp3) is 0.625. The molecule has 2 heteroatoms. The van der Waals surface area contributed by atoms with Gasteiger partial charge in [-0.3, -0.25) is 0 Å². The predicted octanol–water partition coefficient (Wildman–Crippen LogP) is 3.00. The van der Waals surface area contributed by atoms with Crippen LogP contribution in [0.15, 0.2) is 24.3 Å². The van der Waals surface area contributed by atoms with E-state index in [-0.39, 0.29) is 0 Å². The molecule has 1 unspecified atom stereocenters. The fourth-order valence-electron chi connectivity index (χ4n) is 2.90. The van der Waals surface area contributed by atoms with Crippen molar-refractivity contribution in [3.63, 3.8) is 0 Å². The van der Waals surface area contributed by atoms with E-state index in [0.29, 0.717) is 5.92 Å². The Labute approximate surface area is 110 Å². The van der Waals surface area contributed by atoms with Gasteiger partial charge in [0, 0.05) is 31.4 Å². The molecule has 2 nitrogen and oxygen atoms in total. The van der Waals surface area contributed by atoms with E-state index in [2.05, 4.69) is 48.3 Å². The highest BCUT2D eigenvalue weighted by atomic mass is 15.2. The fourth-order valence-corrected chi connectivity index (χ4v) is 2.90. The van der Waals surface area contributed by atoms with Crippen molar-refractivity contribution in [3.05, 3.63) is 29.8 Å². The van der Waals surface area contributed by atoms with Gasteiger partial charge >= 0.3 is 0 Å². The minimum absolute atomic E-state index is 0.626. The second-order valence-corrected chi connectivity index (χ2v) is 6.09. The molecule has 2 aliphatic rings. The van der Waals surface area contributed by atoms with E-state index in [4.69, 9.17) is 0 Å². The summed E-state index contributed by atoms with van der Waals surface area (Å²) in [7, 11) is 0. The van der Waals surface area contributed by atoms with Crippen LogP contribution in [0.4, 0.5) is 5.69 Å². The standard InChI is InChI=1S/C16H24N2/c1-12(2)13-5-7-15(8-6-13)18-10-9-17-16(11-18)14-3-4-14/h5-8,12,14,16-17H,3-4,9-11H2,1-2H3. The van der Waals surface area contributed by atoms with E-state index in [1.165, 1.54) is 30.6 Å². The highest BCUT2D eigenvalue weighted by Gasteiger charge is 2.33. The Bertz CT molecular complexity index is 392.